The largest absolute Gasteiger partial charge is 0.467 e. The van der Waals surface area contributed by atoms with Crippen LogP contribution < -0.4 is 5.32 Å². The Morgan fingerprint density at radius 2 is 2.00 bits per heavy atom. The van der Waals surface area contributed by atoms with Gasteiger partial charge in [0.1, 0.15) is 5.76 Å². The van der Waals surface area contributed by atoms with Crippen LogP contribution in [0.4, 0.5) is 0 Å². The van der Waals surface area contributed by atoms with Gasteiger partial charge in [-0.25, -0.2) is 0 Å². The van der Waals surface area contributed by atoms with Crippen molar-refractivity contribution in [3.05, 3.63) is 65.6 Å². The van der Waals surface area contributed by atoms with Crippen molar-refractivity contribution in [1.29, 1.82) is 0 Å². The van der Waals surface area contributed by atoms with Gasteiger partial charge >= 0.3 is 0 Å². The predicted molar refractivity (Wildman–Crippen MR) is 80.1 cm³/mol. The number of hydrogen-bond donors (Lipinski definition) is 1. The summed E-state index contributed by atoms with van der Waals surface area (Å²) < 4.78 is 5.14. The van der Waals surface area contributed by atoms with Crippen LogP contribution in [0.2, 0.25) is 0 Å². The zero-order valence-electron chi connectivity index (χ0n) is 11.8. The molecule has 0 spiro atoms. The highest BCUT2D eigenvalue weighted by Gasteiger charge is 1.99. The van der Waals surface area contributed by atoms with E-state index < -0.39 is 0 Å². The van der Waals surface area contributed by atoms with Crippen LogP contribution in [0, 0.1) is 0 Å². The van der Waals surface area contributed by atoms with Gasteiger partial charge in [0.05, 0.1) is 12.8 Å². The van der Waals surface area contributed by atoms with Crippen molar-refractivity contribution >= 4 is 12.0 Å². The van der Waals surface area contributed by atoms with Crippen LogP contribution in [0.1, 0.15) is 36.7 Å². The van der Waals surface area contributed by atoms with Gasteiger partial charge in [-0.05, 0) is 35.3 Å². The first-order valence-corrected chi connectivity index (χ1v) is 6.73. The summed E-state index contributed by atoms with van der Waals surface area (Å²) in [6.07, 6.45) is 4.93. The average Bonchev–Trinajstić information content (AvgIpc) is 2.96. The number of furan rings is 1. The third-order valence-electron chi connectivity index (χ3n) is 3.05. The fraction of sp³-hybridized carbons (Fsp3) is 0.235. The molecule has 2 aromatic rings. The molecule has 2 rings (SSSR count). The van der Waals surface area contributed by atoms with E-state index in [0.29, 0.717) is 12.5 Å². The lowest BCUT2D eigenvalue weighted by Crippen LogP contribution is -2.19. The quantitative estimate of drug-likeness (QED) is 0.840. The molecule has 20 heavy (non-hydrogen) atoms. The smallest absolute Gasteiger partial charge is 0.244 e. The average molecular weight is 269 g/mol. The molecular weight excluding hydrogens is 250 g/mol. The lowest BCUT2D eigenvalue weighted by molar-refractivity contribution is -0.116. The Balaban J connectivity index is 1.86. The molecule has 1 aromatic carbocycles. The second-order valence-electron chi connectivity index (χ2n) is 4.95. The van der Waals surface area contributed by atoms with E-state index in [-0.39, 0.29) is 5.91 Å². The number of hydrogen-bond acceptors (Lipinski definition) is 2. The van der Waals surface area contributed by atoms with Crippen LogP contribution in [0.3, 0.4) is 0 Å². The SMILES string of the molecule is CC(C)c1ccc(/C=C\C(=O)NCc2ccco2)cc1. The van der Waals surface area contributed by atoms with Gasteiger partial charge in [-0.15, -0.1) is 0 Å². The molecule has 1 amide bonds. The highest BCUT2D eigenvalue weighted by molar-refractivity contribution is 5.91. The molecule has 0 saturated carbocycles. The van der Waals surface area contributed by atoms with Crippen LogP contribution in [-0.4, -0.2) is 5.91 Å². The van der Waals surface area contributed by atoms with Crippen molar-refractivity contribution in [2.45, 2.75) is 26.3 Å². The van der Waals surface area contributed by atoms with Crippen LogP contribution in [0.15, 0.2) is 53.2 Å². The topological polar surface area (TPSA) is 42.2 Å². The summed E-state index contributed by atoms with van der Waals surface area (Å²) in [5.74, 6) is 1.13. The summed E-state index contributed by atoms with van der Waals surface area (Å²) in [6, 6.07) is 11.8. The van der Waals surface area contributed by atoms with Gasteiger partial charge < -0.3 is 9.73 Å². The Morgan fingerprint density at radius 1 is 1.25 bits per heavy atom. The zero-order chi connectivity index (χ0) is 14.4. The third-order valence-corrected chi connectivity index (χ3v) is 3.05. The Hall–Kier alpha value is -2.29. The molecule has 0 aliphatic carbocycles. The fourth-order valence-corrected chi connectivity index (χ4v) is 1.81. The maximum absolute atomic E-state index is 11.6. The van der Waals surface area contributed by atoms with E-state index in [0.717, 1.165) is 11.3 Å². The number of rotatable bonds is 5. The normalized spacial score (nSPS) is 11.2. The summed E-state index contributed by atoms with van der Waals surface area (Å²) in [6.45, 7) is 4.72. The summed E-state index contributed by atoms with van der Waals surface area (Å²) in [5, 5.41) is 2.77. The first kappa shape index (κ1) is 14.1. The summed E-state index contributed by atoms with van der Waals surface area (Å²) in [5.41, 5.74) is 2.31. The molecule has 104 valence electrons. The predicted octanol–water partition coefficient (Wildman–Crippen LogP) is 3.73. The van der Waals surface area contributed by atoms with E-state index in [9.17, 15) is 4.79 Å². The van der Waals surface area contributed by atoms with Crippen LogP contribution in [0.5, 0.6) is 0 Å². The van der Waals surface area contributed by atoms with Crippen molar-refractivity contribution in [3.8, 4) is 0 Å². The number of carbonyl (C=O) groups excluding carboxylic acids is 1. The van der Waals surface area contributed by atoms with Gasteiger partial charge in [-0.3, -0.25) is 4.79 Å². The molecule has 0 radical (unpaired) electrons. The van der Waals surface area contributed by atoms with E-state index >= 15 is 0 Å². The summed E-state index contributed by atoms with van der Waals surface area (Å²) >= 11 is 0. The van der Waals surface area contributed by atoms with Crippen molar-refractivity contribution in [2.24, 2.45) is 0 Å². The lowest BCUT2D eigenvalue weighted by atomic mass is 10.0. The highest BCUT2D eigenvalue weighted by atomic mass is 16.3. The molecule has 1 heterocycles. The molecule has 0 atom stereocenters. The third kappa shape index (κ3) is 4.12. The highest BCUT2D eigenvalue weighted by Crippen LogP contribution is 2.15. The van der Waals surface area contributed by atoms with Crippen LogP contribution in [-0.2, 0) is 11.3 Å². The van der Waals surface area contributed by atoms with Gasteiger partial charge in [-0.1, -0.05) is 38.1 Å². The molecule has 1 N–H and O–H groups in total. The molecule has 0 aliphatic heterocycles. The molecule has 0 aliphatic rings. The standard InChI is InChI=1S/C17H19NO2/c1-13(2)15-8-5-14(6-9-15)7-10-17(19)18-12-16-4-3-11-20-16/h3-11,13H,12H2,1-2H3,(H,18,19)/b10-7-. The van der Waals surface area contributed by atoms with Crippen LogP contribution >= 0.6 is 0 Å². The zero-order valence-corrected chi connectivity index (χ0v) is 11.8. The molecule has 0 fully saturated rings. The van der Waals surface area contributed by atoms with E-state index in [2.05, 4.69) is 31.3 Å². The monoisotopic (exact) mass is 269 g/mol. The van der Waals surface area contributed by atoms with Gasteiger partial charge in [0.25, 0.3) is 0 Å². The Labute approximate surface area is 119 Å². The van der Waals surface area contributed by atoms with Gasteiger partial charge in [0.2, 0.25) is 5.91 Å². The Kier molecular flexibility index (Phi) is 4.77. The summed E-state index contributed by atoms with van der Waals surface area (Å²) in [4.78, 5) is 11.6. The minimum atomic E-state index is -0.130. The molecular formula is C17H19NO2. The first-order chi connectivity index (χ1) is 9.65. The molecule has 0 saturated heterocycles. The maximum Gasteiger partial charge on any atom is 0.244 e. The van der Waals surface area contributed by atoms with Gasteiger partial charge in [0.15, 0.2) is 0 Å². The fourth-order valence-electron chi connectivity index (χ4n) is 1.81. The van der Waals surface area contributed by atoms with E-state index in [4.69, 9.17) is 4.42 Å². The number of amides is 1. The van der Waals surface area contributed by atoms with Crippen molar-refractivity contribution in [3.63, 3.8) is 0 Å². The molecule has 0 bridgehead atoms. The molecule has 3 heteroatoms. The number of nitrogens with one attached hydrogen (secondary N) is 1. The molecule has 1 aromatic heterocycles. The second-order valence-corrected chi connectivity index (χ2v) is 4.95. The maximum atomic E-state index is 11.6. The minimum absolute atomic E-state index is 0.130. The van der Waals surface area contributed by atoms with E-state index in [1.807, 2.05) is 24.3 Å². The first-order valence-electron chi connectivity index (χ1n) is 6.73. The van der Waals surface area contributed by atoms with Crippen LogP contribution in [0.25, 0.3) is 6.08 Å². The number of carbonyl (C=O) groups is 1. The minimum Gasteiger partial charge on any atom is -0.467 e. The van der Waals surface area contributed by atoms with Crippen molar-refractivity contribution in [2.75, 3.05) is 0 Å². The molecule has 0 unspecified atom stereocenters. The lowest BCUT2D eigenvalue weighted by Gasteiger charge is -2.04. The second kappa shape index (κ2) is 6.75. The Morgan fingerprint density at radius 3 is 2.60 bits per heavy atom. The van der Waals surface area contributed by atoms with Crippen molar-refractivity contribution in [1.82, 2.24) is 5.32 Å². The Bertz CT molecular complexity index is 566. The number of benzene rings is 1. The van der Waals surface area contributed by atoms with E-state index in [1.165, 1.54) is 11.6 Å². The van der Waals surface area contributed by atoms with Crippen molar-refractivity contribution < 1.29 is 9.21 Å². The van der Waals surface area contributed by atoms with E-state index in [1.54, 1.807) is 12.3 Å². The van der Waals surface area contributed by atoms with Gasteiger partial charge in [-0.2, -0.15) is 0 Å². The van der Waals surface area contributed by atoms with Gasteiger partial charge in [0, 0.05) is 6.08 Å². The molecule has 3 nitrogen and oxygen atoms in total. The summed E-state index contributed by atoms with van der Waals surface area (Å²) in [7, 11) is 0.